The first-order chi connectivity index (χ1) is 8.39. The zero-order valence-corrected chi connectivity index (χ0v) is 12.4. The number of rotatable bonds is 7. The summed E-state index contributed by atoms with van der Waals surface area (Å²) in [5.74, 6) is 0. The summed E-state index contributed by atoms with van der Waals surface area (Å²) in [6.07, 6.45) is 2.32. The van der Waals surface area contributed by atoms with E-state index in [9.17, 15) is 8.42 Å². The summed E-state index contributed by atoms with van der Waals surface area (Å²) in [5.41, 5.74) is 0. The Balaban J connectivity index is 2.70. The lowest BCUT2D eigenvalue weighted by molar-refractivity contribution is 0.260. The van der Waals surface area contributed by atoms with Crippen LogP contribution < -0.4 is 0 Å². The maximum Gasteiger partial charge on any atom is 0.282 e. The maximum atomic E-state index is 12.4. The average molecular weight is 279 g/mol. The molecule has 1 N–H and O–H groups in total. The lowest BCUT2D eigenvalue weighted by Crippen LogP contribution is -2.47. The number of hydrogen-bond donors (Lipinski definition) is 1. The fourth-order valence-corrected chi connectivity index (χ4v) is 3.93. The van der Waals surface area contributed by atoms with Gasteiger partial charge < -0.3 is 10.0 Å². The summed E-state index contributed by atoms with van der Waals surface area (Å²) < 4.78 is 27.7. The number of likely N-dealkylation sites (N-methyl/N-ethyl adjacent to an activating group) is 1. The summed E-state index contributed by atoms with van der Waals surface area (Å²) in [7, 11) is 2.12. The van der Waals surface area contributed by atoms with Gasteiger partial charge in [0, 0.05) is 39.3 Å². The highest BCUT2D eigenvalue weighted by Crippen LogP contribution is 2.23. The van der Waals surface area contributed by atoms with Crippen LogP contribution in [0.3, 0.4) is 0 Å². The summed E-state index contributed by atoms with van der Waals surface area (Å²) >= 11 is 0. The molecule has 0 spiro atoms. The molecular formula is C11H25N3O3S. The van der Waals surface area contributed by atoms with Gasteiger partial charge in [-0.05, 0) is 33.4 Å². The van der Waals surface area contributed by atoms with Crippen molar-refractivity contribution in [3.63, 3.8) is 0 Å². The van der Waals surface area contributed by atoms with Gasteiger partial charge in [-0.2, -0.15) is 17.0 Å². The fraction of sp³-hybridized carbons (Fsp3) is 1.00. The second-order valence-electron chi connectivity index (χ2n) is 5.08. The van der Waals surface area contributed by atoms with E-state index in [4.69, 9.17) is 5.11 Å². The molecule has 0 amide bonds. The van der Waals surface area contributed by atoms with Gasteiger partial charge in [0.15, 0.2) is 0 Å². The first kappa shape index (κ1) is 15.8. The molecule has 1 fully saturated rings. The molecule has 1 rings (SSSR count). The minimum atomic E-state index is -3.38. The van der Waals surface area contributed by atoms with E-state index in [1.807, 2.05) is 19.0 Å². The van der Waals surface area contributed by atoms with Crippen molar-refractivity contribution < 1.29 is 13.5 Å². The van der Waals surface area contributed by atoms with Crippen LogP contribution in [0.2, 0.25) is 0 Å². The Morgan fingerprint density at radius 1 is 1.33 bits per heavy atom. The zero-order chi connectivity index (χ0) is 13.8. The van der Waals surface area contributed by atoms with Crippen molar-refractivity contribution in [1.29, 1.82) is 0 Å². The van der Waals surface area contributed by atoms with E-state index in [1.54, 1.807) is 11.4 Å². The Kier molecular flexibility index (Phi) is 6.00. The van der Waals surface area contributed by atoms with E-state index >= 15 is 0 Å². The molecule has 6 nitrogen and oxygen atoms in total. The summed E-state index contributed by atoms with van der Waals surface area (Å²) in [4.78, 5) is 2.02. The third-order valence-corrected chi connectivity index (χ3v) is 5.26. The molecule has 7 heteroatoms. The van der Waals surface area contributed by atoms with Crippen LogP contribution in [0.4, 0.5) is 0 Å². The molecule has 108 valence electrons. The molecular weight excluding hydrogens is 254 g/mol. The van der Waals surface area contributed by atoms with Crippen LogP contribution >= 0.6 is 0 Å². The first-order valence-corrected chi connectivity index (χ1v) is 7.78. The molecule has 1 aliphatic rings. The van der Waals surface area contributed by atoms with E-state index in [0.29, 0.717) is 19.5 Å². The molecule has 0 aromatic rings. The van der Waals surface area contributed by atoms with Crippen LogP contribution in [0.5, 0.6) is 0 Å². The van der Waals surface area contributed by atoms with Gasteiger partial charge in [0.05, 0.1) is 0 Å². The van der Waals surface area contributed by atoms with Gasteiger partial charge in [-0.15, -0.1) is 0 Å². The fourth-order valence-electron chi connectivity index (χ4n) is 2.30. The van der Waals surface area contributed by atoms with E-state index < -0.39 is 10.2 Å². The van der Waals surface area contributed by atoms with E-state index in [1.165, 1.54) is 4.31 Å². The highest BCUT2D eigenvalue weighted by atomic mass is 32.2. The molecule has 0 saturated carbocycles. The highest BCUT2D eigenvalue weighted by molar-refractivity contribution is 7.86. The minimum absolute atomic E-state index is 0.0149. The molecule has 1 aliphatic heterocycles. The maximum absolute atomic E-state index is 12.4. The predicted octanol–water partition coefficient (Wildman–Crippen LogP) is -0.429. The van der Waals surface area contributed by atoms with Crippen molar-refractivity contribution in [2.45, 2.75) is 25.3 Å². The molecule has 1 atom stereocenters. The summed E-state index contributed by atoms with van der Waals surface area (Å²) in [5, 5.41) is 8.78. The van der Waals surface area contributed by atoms with Gasteiger partial charge in [-0.25, -0.2) is 0 Å². The predicted molar refractivity (Wildman–Crippen MR) is 71.5 cm³/mol. The molecule has 0 aliphatic carbocycles. The van der Waals surface area contributed by atoms with E-state index in [0.717, 1.165) is 19.4 Å². The van der Waals surface area contributed by atoms with Gasteiger partial charge in [0.25, 0.3) is 10.2 Å². The molecule has 0 aromatic carbocycles. The highest BCUT2D eigenvalue weighted by Gasteiger charge is 2.36. The first-order valence-electron chi connectivity index (χ1n) is 6.38. The Bertz CT molecular complexity index is 345. The largest absolute Gasteiger partial charge is 0.396 e. The van der Waals surface area contributed by atoms with Crippen molar-refractivity contribution in [2.24, 2.45) is 0 Å². The topological polar surface area (TPSA) is 64.1 Å². The summed E-state index contributed by atoms with van der Waals surface area (Å²) in [6.45, 7) is 1.74. The lowest BCUT2D eigenvalue weighted by atomic mass is 10.2. The molecule has 0 bridgehead atoms. The third kappa shape index (κ3) is 3.89. The number of hydrogen-bond acceptors (Lipinski definition) is 4. The molecule has 0 radical (unpaired) electrons. The Morgan fingerprint density at radius 2 is 2.00 bits per heavy atom. The van der Waals surface area contributed by atoms with Crippen LogP contribution in [0, 0.1) is 0 Å². The third-order valence-electron chi connectivity index (χ3n) is 3.22. The molecule has 1 heterocycles. The van der Waals surface area contributed by atoms with Crippen molar-refractivity contribution in [2.75, 3.05) is 47.4 Å². The number of aliphatic hydroxyl groups is 1. The molecule has 1 unspecified atom stereocenters. The SMILES string of the molecule is CN(C)CC1CCCN1S(=O)(=O)N(C)CCCO. The van der Waals surface area contributed by atoms with Gasteiger partial charge in [-0.1, -0.05) is 0 Å². The monoisotopic (exact) mass is 279 g/mol. The van der Waals surface area contributed by atoms with Gasteiger partial charge >= 0.3 is 0 Å². The van der Waals surface area contributed by atoms with Crippen molar-refractivity contribution in [1.82, 2.24) is 13.5 Å². The zero-order valence-electron chi connectivity index (χ0n) is 11.5. The molecule has 1 saturated heterocycles. The van der Waals surface area contributed by atoms with Gasteiger partial charge in [0.2, 0.25) is 0 Å². The minimum Gasteiger partial charge on any atom is -0.396 e. The lowest BCUT2D eigenvalue weighted by Gasteiger charge is -2.30. The van der Waals surface area contributed by atoms with Crippen molar-refractivity contribution in [3.8, 4) is 0 Å². The average Bonchev–Trinajstić information content (AvgIpc) is 2.73. The van der Waals surface area contributed by atoms with Crippen LogP contribution in [-0.4, -0.2) is 80.5 Å². The van der Waals surface area contributed by atoms with Crippen molar-refractivity contribution >= 4 is 10.2 Å². The Labute approximate surface area is 110 Å². The standard InChI is InChI=1S/C11H25N3O3S/c1-12(2)10-11-6-4-8-14(11)18(16,17)13(3)7-5-9-15/h11,15H,4-10H2,1-3H3. The number of aliphatic hydroxyl groups excluding tert-OH is 1. The van der Waals surface area contributed by atoms with Crippen LogP contribution in [0.25, 0.3) is 0 Å². The van der Waals surface area contributed by atoms with Crippen LogP contribution in [0.1, 0.15) is 19.3 Å². The molecule has 18 heavy (non-hydrogen) atoms. The van der Waals surface area contributed by atoms with Gasteiger partial charge in [-0.3, -0.25) is 0 Å². The van der Waals surface area contributed by atoms with Crippen LogP contribution in [0.15, 0.2) is 0 Å². The van der Waals surface area contributed by atoms with Crippen LogP contribution in [-0.2, 0) is 10.2 Å². The Hall–Kier alpha value is -0.210. The summed E-state index contributed by atoms with van der Waals surface area (Å²) in [6, 6.07) is 0.0709. The Morgan fingerprint density at radius 3 is 2.56 bits per heavy atom. The van der Waals surface area contributed by atoms with Gasteiger partial charge in [0.1, 0.15) is 0 Å². The smallest absolute Gasteiger partial charge is 0.282 e. The quantitative estimate of drug-likeness (QED) is 0.687. The normalized spacial score (nSPS) is 22.2. The van der Waals surface area contributed by atoms with E-state index in [-0.39, 0.29) is 12.6 Å². The number of nitrogens with zero attached hydrogens (tertiary/aromatic N) is 3. The molecule has 0 aromatic heterocycles. The second kappa shape index (κ2) is 6.81. The second-order valence-corrected chi connectivity index (χ2v) is 7.06. The van der Waals surface area contributed by atoms with E-state index in [2.05, 4.69) is 0 Å². The van der Waals surface area contributed by atoms with Crippen molar-refractivity contribution in [3.05, 3.63) is 0 Å².